The summed E-state index contributed by atoms with van der Waals surface area (Å²) in [5.41, 5.74) is 9.43. The number of aliphatic hydroxyl groups is 1. The Kier molecular flexibility index (Phi) is 12.0. The lowest BCUT2D eigenvalue weighted by atomic mass is 10.0. The second-order valence-corrected chi connectivity index (χ2v) is 10.6. The highest BCUT2D eigenvalue weighted by atomic mass is 31.1. The predicted octanol–water partition coefficient (Wildman–Crippen LogP) is 5.82. The van der Waals surface area contributed by atoms with E-state index in [1.54, 1.807) is 7.11 Å². The van der Waals surface area contributed by atoms with Gasteiger partial charge in [0, 0.05) is 13.3 Å². The third kappa shape index (κ3) is 8.75. The van der Waals surface area contributed by atoms with Gasteiger partial charge in [-0.1, -0.05) is 35.4 Å². The molecule has 0 amide bonds. The van der Waals surface area contributed by atoms with Crippen LogP contribution in [0.2, 0.25) is 0 Å². The first-order chi connectivity index (χ1) is 15.7. The molecule has 0 aliphatic heterocycles. The van der Waals surface area contributed by atoms with Crippen molar-refractivity contribution in [2.75, 3.05) is 46.8 Å². The van der Waals surface area contributed by atoms with Crippen molar-refractivity contribution in [2.24, 2.45) is 0 Å². The van der Waals surface area contributed by atoms with E-state index in [2.05, 4.69) is 65.8 Å². The third-order valence-corrected chi connectivity index (χ3v) is 7.66. The fourth-order valence-corrected chi connectivity index (χ4v) is 6.46. The topological polar surface area (TPSA) is 57.2 Å². The Labute approximate surface area is 201 Å². The first-order valence-electron chi connectivity index (χ1n) is 11.6. The summed E-state index contributed by atoms with van der Waals surface area (Å²) in [5, 5.41) is 11.5. The smallest absolute Gasteiger partial charge is 0.124 e. The van der Waals surface area contributed by atoms with Gasteiger partial charge in [-0.3, -0.25) is 0 Å². The molecule has 2 unspecified atom stereocenters. The van der Waals surface area contributed by atoms with Crippen LogP contribution in [0.5, 0.6) is 0 Å². The molecular formula is C27H41O5P. The van der Waals surface area contributed by atoms with Gasteiger partial charge in [-0.2, -0.15) is 0 Å². The van der Waals surface area contributed by atoms with Crippen LogP contribution in [-0.2, 0) is 24.9 Å². The summed E-state index contributed by atoms with van der Waals surface area (Å²) in [6.07, 6.45) is 0.710. The van der Waals surface area contributed by atoms with Crippen molar-refractivity contribution >= 4 is 8.15 Å². The van der Waals surface area contributed by atoms with E-state index in [1.165, 1.54) is 27.8 Å². The van der Waals surface area contributed by atoms with Crippen LogP contribution in [0.4, 0.5) is 0 Å². The normalized spacial score (nSPS) is 13.3. The van der Waals surface area contributed by atoms with Gasteiger partial charge in [0.1, 0.15) is 5.85 Å². The molecule has 2 rings (SSSR count). The Morgan fingerprint density at radius 1 is 0.697 bits per heavy atom. The molecular weight excluding hydrogens is 435 g/mol. The van der Waals surface area contributed by atoms with Crippen molar-refractivity contribution in [1.82, 2.24) is 0 Å². The van der Waals surface area contributed by atoms with Gasteiger partial charge in [0.2, 0.25) is 0 Å². The lowest BCUT2D eigenvalue weighted by Gasteiger charge is -2.27. The number of ether oxygens (including phenoxy) is 3. The van der Waals surface area contributed by atoms with Crippen molar-refractivity contribution in [3.8, 4) is 0 Å². The van der Waals surface area contributed by atoms with Crippen molar-refractivity contribution in [3.05, 3.63) is 68.8 Å². The first kappa shape index (κ1) is 27.9. The maximum atomic E-state index is 11.5. The van der Waals surface area contributed by atoms with Crippen LogP contribution in [-0.4, -0.2) is 51.9 Å². The van der Waals surface area contributed by atoms with Crippen LogP contribution in [0, 0.1) is 41.5 Å². The minimum absolute atomic E-state index is 0.439. The van der Waals surface area contributed by atoms with Crippen molar-refractivity contribution in [3.63, 3.8) is 0 Å². The van der Waals surface area contributed by atoms with Gasteiger partial charge in [0.15, 0.2) is 0 Å². The molecule has 0 saturated heterocycles. The molecule has 2 atom stereocenters. The maximum Gasteiger partial charge on any atom is 0.124 e. The zero-order valence-electron chi connectivity index (χ0n) is 21.4. The summed E-state index contributed by atoms with van der Waals surface area (Å²) in [5.74, 6) is -0.655. The zero-order chi connectivity index (χ0) is 24.4. The quantitative estimate of drug-likeness (QED) is 0.275. The molecule has 0 saturated carbocycles. The van der Waals surface area contributed by atoms with E-state index in [-0.39, 0.29) is 0 Å². The summed E-state index contributed by atoms with van der Waals surface area (Å²) in [6, 6.07) is 8.68. The van der Waals surface area contributed by atoms with Crippen LogP contribution in [0.15, 0.2) is 24.3 Å². The van der Waals surface area contributed by atoms with E-state index >= 15 is 0 Å². The van der Waals surface area contributed by atoms with E-state index < -0.39 is 14.0 Å². The molecule has 0 aliphatic carbocycles. The van der Waals surface area contributed by atoms with Gasteiger partial charge >= 0.3 is 0 Å². The van der Waals surface area contributed by atoms with Crippen LogP contribution < -0.4 is 0 Å². The molecule has 0 spiro atoms. The van der Waals surface area contributed by atoms with Crippen LogP contribution in [0.3, 0.4) is 0 Å². The average Bonchev–Trinajstić information content (AvgIpc) is 2.72. The number of hydrogen-bond acceptors (Lipinski definition) is 5. The van der Waals surface area contributed by atoms with E-state index in [1.807, 2.05) is 0 Å². The SMILES string of the molecule is COCCOCCOCCOP(Cc1c(C)cc(C)cc1C)C(O)c1c(C)cc(C)cc1C. The highest BCUT2D eigenvalue weighted by molar-refractivity contribution is 7.51. The monoisotopic (exact) mass is 476 g/mol. The van der Waals surface area contributed by atoms with Gasteiger partial charge in [0.25, 0.3) is 0 Å². The number of benzene rings is 2. The molecule has 1 N–H and O–H groups in total. The second-order valence-electron chi connectivity index (χ2n) is 8.69. The Morgan fingerprint density at radius 3 is 1.67 bits per heavy atom. The molecule has 2 aromatic carbocycles. The molecule has 33 heavy (non-hydrogen) atoms. The third-order valence-electron chi connectivity index (χ3n) is 5.71. The summed E-state index contributed by atoms with van der Waals surface area (Å²) in [7, 11) is 0.493. The number of aliphatic hydroxyl groups excluding tert-OH is 1. The fraction of sp³-hybridized carbons (Fsp3) is 0.556. The number of hydrogen-bond donors (Lipinski definition) is 1. The molecule has 0 radical (unpaired) electrons. The van der Waals surface area contributed by atoms with E-state index in [0.29, 0.717) is 45.8 Å². The molecule has 184 valence electrons. The fourth-order valence-electron chi connectivity index (χ4n) is 4.24. The van der Waals surface area contributed by atoms with Crippen LogP contribution in [0.1, 0.15) is 50.4 Å². The second kappa shape index (κ2) is 14.2. The number of rotatable bonds is 14. The zero-order valence-corrected chi connectivity index (χ0v) is 22.3. The molecule has 0 bridgehead atoms. The highest BCUT2D eigenvalue weighted by Crippen LogP contribution is 2.55. The van der Waals surface area contributed by atoms with Gasteiger partial charge in [0.05, 0.1) is 47.8 Å². The highest BCUT2D eigenvalue weighted by Gasteiger charge is 2.26. The van der Waals surface area contributed by atoms with E-state index in [4.69, 9.17) is 18.7 Å². The Balaban J connectivity index is 2.09. The number of methoxy groups -OCH3 is 1. The first-order valence-corrected chi connectivity index (χ1v) is 13.1. The predicted molar refractivity (Wildman–Crippen MR) is 136 cm³/mol. The maximum absolute atomic E-state index is 11.5. The summed E-state index contributed by atoms with van der Waals surface area (Å²) >= 11 is 0. The molecule has 5 nitrogen and oxygen atoms in total. The Bertz CT molecular complexity index is 837. The summed E-state index contributed by atoms with van der Waals surface area (Å²) < 4.78 is 22.4. The van der Waals surface area contributed by atoms with Crippen LogP contribution in [0.25, 0.3) is 0 Å². The lowest BCUT2D eigenvalue weighted by molar-refractivity contribution is 0.0183. The number of aryl methyl sites for hydroxylation is 6. The van der Waals surface area contributed by atoms with Gasteiger partial charge in [-0.15, -0.1) is 0 Å². The Hall–Kier alpha value is -1.33. The minimum Gasteiger partial charge on any atom is -0.382 e. The average molecular weight is 477 g/mol. The minimum atomic E-state index is -1.16. The van der Waals surface area contributed by atoms with Gasteiger partial charge < -0.3 is 23.8 Å². The van der Waals surface area contributed by atoms with E-state index in [9.17, 15) is 5.11 Å². The summed E-state index contributed by atoms with van der Waals surface area (Å²) in [6.45, 7) is 15.7. The van der Waals surface area contributed by atoms with Crippen molar-refractivity contribution in [2.45, 2.75) is 53.5 Å². The standard InChI is InChI=1S/C27H41O5P/c1-19-14-21(3)25(22(4)15-19)18-33(32-13-12-31-11-10-30-9-8-29-7)27(28)26-23(5)16-20(2)17-24(26)6/h14-17,27-28H,8-13,18H2,1-7H3. The summed E-state index contributed by atoms with van der Waals surface area (Å²) in [4.78, 5) is 0. The van der Waals surface area contributed by atoms with Gasteiger partial charge in [-0.05, 0) is 74.9 Å². The van der Waals surface area contributed by atoms with Gasteiger partial charge in [-0.25, -0.2) is 0 Å². The largest absolute Gasteiger partial charge is 0.382 e. The molecule has 0 fully saturated rings. The molecule has 6 heteroatoms. The molecule has 0 aliphatic rings. The molecule has 2 aromatic rings. The Morgan fingerprint density at radius 2 is 1.15 bits per heavy atom. The van der Waals surface area contributed by atoms with Crippen LogP contribution >= 0.6 is 8.15 Å². The van der Waals surface area contributed by atoms with Crippen molar-refractivity contribution < 1.29 is 23.8 Å². The molecule has 0 heterocycles. The van der Waals surface area contributed by atoms with E-state index in [0.717, 1.165) is 16.7 Å². The molecule has 0 aromatic heterocycles. The van der Waals surface area contributed by atoms with Crippen molar-refractivity contribution in [1.29, 1.82) is 0 Å². The lowest BCUT2D eigenvalue weighted by Crippen LogP contribution is -2.12.